The van der Waals surface area contributed by atoms with E-state index in [-0.39, 0.29) is 10.6 Å². The number of carboxylic acids is 1. The zero-order chi connectivity index (χ0) is 13.8. The van der Waals surface area contributed by atoms with Gasteiger partial charge in [0.2, 0.25) is 0 Å². The van der Waals surface area contributed by atoms with Crippen molar-refractivity contribution in [3.8, 4) is 0 Å². The lowest BCUT2D eigenvalue weighted by atomic mass is 10.2. The van der Waals surface area contributed by atoms with Gasteiger partial charge in [0, 0.05) is 16.7 Å². The summed E-state index contributed by atoms with van der Waals surface area (Å²) in [5.41, 5.74) is 1.91. The van der Waals surface area contributed by atoms with Crippen LogP contribution in [0.5, 0.6) is 0 Å². The molecule has 0 aliphatic carbocycles. The summed E-state index contributed by atoms with van der Waals surface area (Å²) in [6.45, 7) is 0.599. The maximum atomic E-state index is 11.0. The summed E-state index contributed by atoms with van der Waals surface area (Å²) in [5.74, 6) is -1.03. The fourth-order valence-electron chi connectivity index (χ4n) is 1.64. The predicted octanol–water partition coefficient (Wildman–Crippen LogP) is 4.41. The van der Waals surface area contributed by atoms with Crippen LogP contribution in [0.4, 0.5) is 5.69 Å². The van der Waals surface area contributed by atoms with E-state index >= 15 is 0 Å². The minimum absolute atomic E-state index is 0.0961. The van der Waals surface area contributed by atoms with Crippen molar-refractivity contribution in [1.29, 1.82) is 0 Å². The number of hydrogen-bond donors (Lipinski definition) is 2. The van der Waals surface area contributed by atoms with Crippen molar-refractivity contribution in [1.82, 2.24) is 0 Å². The lowest BCUT2D eigenvalue weighted by molar-refractivity contribution is 0.0697. The average Bonchev–Trinajstić information content (AvgIpc) is 2.39. The second-order valence-corrected chi connectivity index (χ2v) is 5.21. The van der Waals surface area contributed by atoms with E-state index in [0.29, 0.717) is 6.54 Å². The summed E-state index contributed by atoms with van der Waals surface area (Å²) in [5, 5.41) is 12.4. The third kappa shape index (κ3) is 3.49. The Bertz CT molecular complexity index is 616. The van der Waals surface area contributed by atoms with Crippen LogP contribution in [0.1, 0.15) is 15.9 Å². The number of nitrogens with one attached hydrogen (secondary N) is 1. The molecule has 2 N–H and O–H groups in total. The van der Waals surface area contributed by atoms with E-state index in [9.17, 15) is 4.79 Å². The van der Waals surface area contributed by atoms with Crippen LogP contribution in [0.25, 0.3) is 0 Å². The molecule has 0 unspecified atom stereocenters. The number of anilines is 1. The quantitative estimate of drug-likeness (QED) is 0.866. The molecule has 0 aromatic heterocycles. The molecule has 0 aliphatic rings. The highest BCUT2D eigenvalue weighted by atomic mass is 79.9. The number of hydrogen-bond acceptors (Lipinski definition) is 2. The highest BCUT2D eigenvalue weighted by Crippen LogP contribution is 2.22. The Labute approximate surface area is 124 Å². The van der Waals surface area contributed by atoms with Crippen molar-refractivity contribution < 1.29 is 9.90 Å². The highest BCUT2D eigenvalue weighted by molar-refractivity contribution is 9.10. The van der Waals surface area contributed by atoms with Gasteiger partial charge in [-0.1, -0.05) is 45.7 Å². The van der Waals surface area contributed by atoms with E-state index in [0.717, 1.165) is 15.7 Å². The first-order valence-corrected chi connectivity index (χ1v) is 6.75. The van der Waals surface area contributed by atoms with Crippen molar-refractivity contribution in [3.05, 3.63) is 63.1 Å². The molecule has 0 heterocycles. The van der Waals surface area contributed by atoms with E-state index in [4.69, 9.17) is 16.7 Å². The molecular formula is C14H11BrClNO2. The predicted molar refractivity (Wildman–Crippen MR) is 79.9 cm³/mol. The van der Waals surface area contributed by atoms with Crippen LogP contribution < -0.4 is 5.32 Å². The van der Waals surface area contributed by atoms with E-state index in [1.807, 2.05) is 24.3 Å². The summed E-state index contributed by atoms with van der Waals surface area (Å²) >= 11 is 9.28. The van der Waals surface area contributed by atoms with Crippen molar-refractivity contribution in [2.45, 2.75) is 6.54 Å². The molecule has 0 radical (unpaired) electrons. The number of halogens is 2. The molecule has 0 fully saturated rings. The minimum atomic E-state index is -1.03. The van der Waals surface area contributed by atoms with Gasteiger partial charge in [0.25, 0.3) is 0 Å². The number of benzene rings is 2. The summed E-state index contributed by atoms with van der Waals surface area (Å²) < 4.78 is 1.01. The molecule has 0 spiro atoms. The lowest BCUT2D eigenvalue weighted by Crippen LogP contribution is -2.03. The Morgan fingerprint density at radius 3 is 2.68 bits per heavy atom. The van der Waals surface area contributed by atoms with Crippen LogP contribution in [-0.2, 0) is 6.54 Å². The summed E-state index contributed by atoms with van der Waals surface area (Å²) in [4.78, 5) is 11.0. The zero-order valence-electron chi connectivity index (χ0n) is 9.86. The molecule has 0 atom stereocenters. The fourth-order valence-corrected chi connectivity index (χ4v) is 2.26. The molecule has 2 rings (SSSR count). The molecule has 0 bridgehead atoms. The number of carboxylic acid groups (broad SMARTS) is 1. The van der Waals surface area contributed by atoms with E-state index < -0.39 is 5.97 Å². The zero-order valence-corrected chi connectivity index (χ0v) is 12.2. The number of aromatic carboxylic acids is 1. The fraction of sp³-hybridized carbons (Fsp3) is 0.0714. The van der Waals surface area contributed by atoms with Gasteiger partial charge in [0.1, 0.15) is 0 Å². The molecular weight excluding hydrogens is 330 g/mol. The normalized spacial score (nSPS) is 10.2. The number of rotatable bonds is 4. The van der Waals surface area contributed by atoms with E-state index in [1.54, 1.807) is 12.1 Å². The third-order valence-corrected chi connectivity index (χ3v) is 3.74. The lowest BCUT2D eigenvalue weighted by Gasteiger charge is -2.09. The average molecular weight is 341 g/mol. The third-order valence-electron chi connectivity index (χ3n) is 2.64. The van der Waals surface area contributed by atoms with Gasteiger partial charge in [-0.3, -0.25) is 0 Å². The van der Waals surface area contributed by atoms with Gasteiger partial charge in [-0.25, -0.2) is 4.79 Å². The van der Waals surface area contributed by atoms with Crippen LogP contribution in [0.2, 0.25) is 5.02 Å². The first kappa shape index (κ1) is 13.9. The van der Waals surface area contributed by atoms with Gasteiger partial charge >= 0.3 is 5.97 Å². The molecule has 2 aromatic carbocycles. The van der Waals surface area contributed by atoms with Crippen molar-refractivity contribution >= 4 is 39.2 Å². The SMILES string of the molecule is O=C(O)c1cc(NCc2ccccc2Br)ccc1Cl. The number of carbonyl (C=O) groups is 1. The van der Waals surface area contributed by atoms with Gasteiger partial charge in [-0.2, -0.15) is 0 Å². The maximum absolute atomic E-state index is 11.0. The standard InChI is InChI=1S/C14H11BrClNO2/c15-12-4-2-1-3-9(12)8-17-10-5-6-13(16)11(7-10)14(18)19/h1-7,17H,8H2,(H,18,19). The van der Waals surface area contributed by atoms with Crippen LogP contribution in [-0.4, -0.2) is 11.1 Å². The first-order chi connectivity index (χ1) is 9.08. The van der Waals surface area contributed by atoms with Crippen molar-refractivity contribution in [3.63, 3.8) is 0 Å². The molecule has 98 valence electrons. The Kier molecular flexibility index (Phi) is 4.45. The molecule has 0 saturated carbocycles. The highest BCUT2D eigenvalue weighted by Gasteiger charge is 2.09. The van der Waals surface area contributed by atoms with Gasteiger partial charge in [-0.05, 0) is 29.8 Å². The van der Waals surface area contributed by atoms with Crippen molar-refractivity contribution in [2.75, 3.05) is 5.32 Å². The van der Waals surface area contributed by atoms with E-state index in [2.05, 4.69) is 21.2 Å². The Hall–Kier alpha value is -1.52. The van der Waals surface area contributed by atoms with Crippen molar-refractivity contribution in [2.24, 2.45) is 0 Å². The van der Waals surface area contributed by atoms with Gasteiger partial charge < -0.3 is 10.4 Å². The topological polar surface area (TPSA) is 49.3 Å². The van der Waals surface area contributed by atoms with Gasteiger partial charge in [-0.15, -0.1) is 0 Å². The molecule has 0 saturated heterocycles. The molecule has 5 heteroatoms. The second kappa shape index (κ2) is 6.08. The Morgan fingerprint density at radius 2 is 2.00 bits per heavy atom. The molecule has 0 amide bonds. The largest absolute Gasteiger partial charge is 0.478 e. The Balaban J connectivity index is 2.14. The minimum Gasteiger partial charge on any atom is -0.478 e. The monoisotopic (exact) mass is 339 g/mol. The van der Waals surface area contributed by atoms with Crippen LogP contribution in [0.3, 0.4) is 0 Å². The maximum Gasteiger partial charge on any atom is 0.337 e. The smallest absolute Gasteiger partial charge is 0.337 e. The van der Waals surface area contributed by atoms with Gasteiger partial charge in [0.05, 0.1) is 10.6 Å². The molecule has 19 heavy (non-hydrogen) atoms. The summed E-state index contributed by atoms with van der Waals surface area (Å²) in [7, 11) is 0. The van der Waals surface area contributed by atoms with E-state index in [1.165, 1.54) is 6.07 Å². The van der Waals surface area contributed by atoms with Crippen LogP contribution in [0, 0.1) is 0 Å². The Morgan fingerprint density at radius 1 is 1.26 bits per heavy atom. The molecule has 2 aromatic rings. The van der Waals surface area contributed by atoms with Crippen LogP contribution >= 0.6 is 27.5 Å². The first-order valence-electron chi connectivity index (χ1n) is 5.58. The summed E-state index contributed by atoms with van der Waals surface area (Å²) in [6.07, 6.45) is 0. The molecule has 3 nitrogen and oxygen atoms in total. The second-order valence-electron chi connectivity index (χ2n) is 3.94. The van der Waals surface area contributed by atoms with Gasteiger partial charge in [0.15, 0.2) is 0 Å². The molecule has 0 aliphatic heterocycles. The van der Waals surface area contributed by atoms with Crippen LogP contribution in [0.15, 0.2) is 46.9 Å². The summed E-state index contributed by atoms with van der Waals surface area (Å²) in [6, 6.07) is 12.7.